The van der Waals surface area contributed by atoms with Crippen molar-refractivity contribution in [1.82, 2.24) is 0 Å². The van der Waals surface area contributed by atoms with Crippen LogP contribution in [-0.4, -0.2) is 17.5 Å². The van der Waals surface area contributed by atoms with E-state index in [9.17, 15) is 9.59 Å². The summed E-state index contributed by atoms with van der Waals surface area (Å²) in [6, 6.07) is 3.50. The monoisotopic (exact) mass is 356 g/mol. The molecule has 0 fully saturated rings. The Morgan fingerprint density at radius 3 is 2.24 bits per heavy atom. The van der Waals surface area contributed by atoms with Crippen LogP contribution in [0.4, 0.5) is 0 Å². The lowest BCUT2D eigenvalue weighted by Gasteiger charge is -2.20. The van der Waals surface area contributed by atoms with Crippen molar-refractivity contribution in [3.8, 4) is 0 Å². The molecule has 5 heteroatoms. The number of carbonyl (C=O) groups is 2. The largest absolute Gasteiger partial charge is 0.461 e. The normalized spacial score (nSPS) is 11.1. The number of hydrogen-bond donors (Lipinski definition) is 0. The Bertz CT molecular complexity index is 544. The Morgan fingerprint density at radius 1 is 1.19 bits per heavy atom. The Morgan fingerprint density at radius 2 is 1.76 bits per heavy atom. The van der Waals surface area contributed by atoms with Gasteiger partial charge in [-0.2, -0.15) is 0 Å². The molecule has 0 unspecified atom stereocenters. The molecule has 0 radical (unpaired) electrons. The number of carbonyl (C=O) groups excluding carboxylic acids is 2. The molecule has 0 atom stereocenters. The van der Waals surface area contributed by atoms with Gasteiger partial charge in [0.05, 0.1) is 5.56 Å². The lowest BCUT2D eigenvalue weighted by molar-refractivity contribution is -0.142. The highest BCUT2D eigenvalue weighted by atomic mass is 79.9. The molecule has 116 valence electrons. The van der Waals surface area contributed by atoms with E-state index in [1.165, 1.54) is 6.92 Å². The molecular weight excluding hydrogens is 336 g/mol. The van der Waals surface area contributed by atoms with Crippen LogP contribution in [0, 0.1) is 0 Å². The van der Waals surface area contributed by atoms with E-state index in [0.717, 1.165) is 22.0 Å². The van der Waals surface area contributed by atoms with Crippen LogP contribution >= 0.6 is 15.9 Å². The van der Waals surface area contributed by atoms with Crippen molar-refractivity contribution in [3.05, 3.63) is 33.3 Å². The van der Waals surface area contributed by atoms with Crippen molar-refractivity contribution in [2.24, 2.45) is 0 Å². The zero-order chi connectivity index (χ0) is 16.2. The van der Waals surface area contributed by atoms with Gasteiger partial charge in [-0.05, 0) is 44.9 Å². The van der Waals surface area contributed by atoms with E-state index in [1.807, 2.05) is 27.7 Å². The molecule has 0 aromatic heterocycles. The minimum Gasteiger partial charge on any atom is -0.461 e. The minimum atomic E-state index is -0.549. The quantitative estimate of drug-likeness (QED) is 0.764. The Balaban J connectivity index is 3.13. The van der Waals surface area contributed by atoms with Gasteiger partial charge in [0.2, 0.25) is 0 Å². The summed E-state index contributed by atoms with van der Waals surface area (Å²) in [5, 5.41) is 0. The van der Waals surface area contributed by atoms with Crippen LogP contribution in [0.5, 0.6) is 0 Å². The summed E-state index contributed by atoms with van der Waals surface area (Å²) in [6.07, 6.45) is 0.754. The predicted octanol–water partition coefficient (Wildman–Crippen LogP) is 4.03. The summed E-state index contributed by atoms with van der Waals surface area (Å²) < 4.78 is 11.3. The van der Waals surface area contributed by atoms with Gasteiger partial charge in [-0.25, -0.2) is 4.79 Å². The molecule has 0 aliphatic heterocycles. The van der Waals surface area contributed by atoms with Crippen LogP contribution in [0.2, 0.25) is 0 Å². The topological polar surface area (TPSA) is 52.6 Å². The standard InChI is InChI=1S/C16H21BrO4/c1-6-11-7-12(15(19)21-16(3,4)5)8-13(14(11)17)9-20-10(2)18/h7-8H,6,9H2,1-5H3. The molecular formula is C16H21BrO4. The summed E-state index contributed by atoms with van der Waals surface area (Å²) in [4.78, 5) is 23.1. The maximum absolute atomic E-state index is 12.2. The number of esters is 2. The van der Waals surface area contributed by atoms with Crippen LogP contribution in [0.1, 0.15) is 56.1 Å². The molecule has 21 heavy (non-hydrogen) atoms. The summed E-state index contributed by atoms with van der Waals surface area (Å²) in [6.45, 7) is 8.94. The highest BCUT2D eigenvalue weighted by molar-refractivity contribution is 9.10. The Kier molecular flexibility index (Phi) is 5.96. The lowest BCUT2D eigenvalue weighted by Crippen LogP contribution is -2.24. The van der Waals surface area contributed by atoms with Crippen molar-refractivity contribution in [2.75, 3.05) is 0 Å². The first kappa shape index (κ1) is 17.7. The fraction of sp³-hybridized carbons (Fsp3) is 0.500. The van der Waals surface area contributed by atoms with Crippen molar-refractivity contribution in [1.29, 1.82) is 0 Å². The molecule has 0 saturated heterocycles. The zero-order valence-corrected chi connectivity index (χ0v) is 14.7. The van der Waals surface area contributed by atoms with Crippen molar-refractivity contribution in [3.63, 3.8) is 0 Å². The van der Waals surface area contributed by atoms with Gasteiger partial charge in [0.1, 0.15) is 12.2 Å². The fourth-order valence-electron chi connectivity index (χ4n) is 1.75. The first-order valence-corrected chi connectivity index (χ1v) is 7.61. The molecule has 0 aliphatic carbocycles. The van der Waals surface area contributed by atoms with E-state index in [1.54, 1.807) is 12.1 Å². The lowest BCUT2D eigenvalue weighted by atomic mass is 10.0. The maximum Gasteiger partial charge on any atom is 0.338 e. The van der Waals surface area contributed by atoms with E-state index in [4.69, 9.17) is 9.47 Å². The van der Waals surface area contributed by atoms with Gasteiger partial charge in [-0.15, -0.1) is 0 Å². The van der Waals surface area contributed by atoms with E-state index in [0.29, 0.717) is 5.56 Å². The molecule has 4 nitrogen and oxygen atoms in total. The van der Waals surface area contributed by atoms with Crippen molar-refractivity contribution >= 4 is 27.9 Å². The second kappa shape index (κ2) is 7.07. The third-order valence-electron chi connectivity index (χ3n) is 2.67. The number of aryl methyl sites for hydroxylation is 1. The predicted molar refractivity (Wildman–Crippen MR) is 84.2 cm³/mol. The number of benzene rings is 1. The van der Waals surface area contributed by atoms with Crippen LogP contribution in [0.25, 0.3) is 0 Å². The zero-order valence-electron chi connectivity index (χ0n) is 13.1. The van der Waals surface area contributed by atoms with Gasteiger partial charge in [0, 0.05) is 17.0 Å². The maximum atomic E-state index is 12.2. The first-order chi connectivity index (χ1) is 9.64. The summed E-state index contributed by atoms with van der Waals surface area (Å²) >= 11 is 3.49. The summed E-state index contributed by atoms with van der Waals surface area (Å²) in [7, 11) is 0. The second-order valence-corrected chi connectivity index (χ2v) is 6.54. The number of hydrogen-bond acceptors (Lipinski definition) is 4. The minimum absolute atomic E-state index is 0.125. The fourth-order valence-corrected chi connectivity index (χ4v) is 2.37. The molecule has 0 bridgehead atoms. The van der Waals surface area contributed by atoms with Gasteiger partial charge < -0.3 is 9.47 Å². The van der Waals surface area contributed by atoms with Crippen LogP contribution in [-0.2, 0) is 27.3 Å². The first-order valence-electron chi connectivity index (χ1n) is 6.82. The average Bonchev–Trinajstić information content (AvgIpc) is 2.35. The highest BCUT2D eigenvalue weighted by Crippen LogP contribution is 2.26. The van der Waals surface area contributed by atoms with Gasteiger partial charge in [0.25, 0.3) is 0 Å². The molecule has 0 amide bonds. The Labute approximate surface area is 133 Å². The average molecular weight is 357 g/mol. The molecule has 0 heterocycles. The highest BCUT2D eigenvalue weighted by Gasteiger charge is 2.20. The van der Waals surface area contributed by atoms with E-state index < -0.39 is 5.60 Å². The smallest absolute Gasteiger partial charge is 0.338 e. The van der Waals surface area contributed by atoms with E-state index >= 15 is 0 Å². The molecule has 0 aliphatic rings. The molecule has 1 aromatic carbocycles. The van der Waals surface area contributed by atoms with Crippen molar-refractivity contribution < 1.29 is 19.1 Å². The van der Waals surface area contributed by atoms with Gasteiger partial charge in [-0.1, -0.05) is 22.9 Å². The third-order valence-corrected chi connectivity index (χ3v) is 3.69. The van der Waals surface area contributed by atoms with Gasteiger partial charge in [-0.3, -0.25) is 4.79 Å². The molecule has 1 rings (SSSR count). The summed E-state index contributed by atoms with van der Waals surface area (Å²) in [5.74, 6) is -0.739. The van der Waals surface area contributed by atoms with Gasteiger partial charge in [0.15, 0.2) is 0 Å². The number of halogens is 1. The molecule has 0 N–H and O–H groups in total. The van der Waals surface area contributed by atoms with Gasteiger partial charge >= 0.3 is 11.9 Å². The van der Waals surface area contributed by atoms with Crippen LogP contribution < -0.4 is 0 Å². The Hall–Kier alpha value is -1.36. The van der Waals surface area contributed by atoms with Crippen molar-refractivity contribution in [2.45, 2.75) is 53.2 Å². The number of ether oxygens (including phenoxy) is 2. The molecule has 0 spiro atoms. The third kappa shape index (κ3) is 5.50. The molecule has 1 aromatic rings. The van der Waals surface area contributed by atoms with E-state index in [2.05, 4.69) is 15.9 Å². The van der Waals surface area contributed by atoms with Crippen LogP contribution in [0.15, 0.2) is 16.6 Å². The SMILES string of the molecule is CCc1cc(C(=O)OC(C)(C)C)cc(COC(C)=O)c1Br. The van der Waals surface area contributed by atoms with E-state index in [-0.39, 0.29) is 18.5 Å². The second-order valence-electron chi connectivity index (χ2n) is 5.74. The molecule has 0 saturated carbocycles. The van der Waals surface area contributed by atoms with Crippen LogP contribution in [0.3, 0.4) is 0 Å². The summed E-state index contributed by atoms with van der Waals surface area (Å²) in [5.41, 5.74) is 1.64. The number of rotatable bonds is 4.